The van der Waals surface area contributed by atoms with Gasteiger partial charge in [-0.25, -0.2) is 0 Å². The maximum atomic E-state index is 9.34. The van der Waals surface area contributed by atoms with Gasteiger partial charge in [0.05, 0.1) is 0 Å². The van der Waals surface area contributed by atoms with E-state index in [0.717, 1.165) is 16.9 Å². The fraction of sp³-hybridized carbons (Fsp3) is 0.0769. The maximum absolute atomic E-state index is 9.34. The van der Waals surface area contributed by atoms with Crippen LogP contribution in [0.15, 0.2) is 53.4 Å². The SMILES string of the molecule is Oc1cccc(Cc2ccccc2S)c1. The van der Waals surface area contributed by atoms with Crippen LogP contribution in [0.4, 0.5) is 0 Å². The van der Waals surface area contributed by atoms with Gasteiger partial charge in [-0.05, 0) is 35.7 Å². The van der Waals surface area contributed by atoms with Crippen LogP contribution < -0.4 is 0 Å². The van der Waals surface area contributed by atoms with Gasteiger partial charge < -0.3 is 5.11 Å². The molecule has 2 aromatic rings. The lowest BCUT2D eigenvalue weighted by atomic mass is 10.0. The van der Waals surface area contributed by atoms with Gasteiger partial charge in [0.1, 0.15) is 5.75 Å². The Morgan fingerprint density at radius 3 is 2.53 bits per heavy atom. The van der Waals surface area contributed by atoms with Crippen molar-refractivity contribution in [1.29, 1.82) is 0 Å². The van der Waals surface area contributed by atoms with E-state index in [1.807, 2.05) is 36.4 Å². The van der Waals surface area contributed by atoms with Crippen LogP contribution in [0.25, 0.3) is 0 Å². The van der Waals surface area contributed by atoms with Gasteiger partial charge in [-0.15, -0.1) is 12.6 Å². The van der Waals surface area contributed by atoms with Crippen molar-refractivity contribution in [2.75, 3.05) is 0 Å². The number of rotatable bonds is 2. The van der Waals surface area contributed by atoms with Gasteiger partial charge in [0.15, 0.2) is 0 Å². The van der Waals surface area contributed by atoms with Crippen molar-refractivity contribution in [3.05, 3.63) is 59.7 Å². The first-order valence-electron chi connectivity index (χ1n) is 4.80. The fourth-order valence-electron chi connectivity index (χ4n) is 1.55. The van der Waals surface area contributed by atoms with Crippen LogP contribution in [-0.4, -0.2) is 5.11 Å². The minimum absolute atomic E-state index is 0.309. The summed E-state index contributed by atoms with van der Waals surface area (Å²) in [5, 5.41) is 9.34. The molecule has 1 nitrogen and oxygen atoms in total. The first kappa shape index (κ1) is 10.1. The van der Waals surface area contributed by atoms with E-state index in [1.165, 1.54) is 5.56 Å². The smallest absolute Gasteiger partial charge is 0.115 e. The third-order valence-corrected chi connectivity index (χ3v) is 2.73. The maximum Gasteiger partial charge on any atom is 0.115 e. The molecule has 76 valence electrons. The molecule has 1 N–H and O–H groups in total. The zero-order valence-electron chi connectivity index (χ0n) is 8.22. The normalized spacial score (nSPS) is 10.2. The lowest BCUT2D eigenvalue weighted by molar-refractivity contribution is 0.474. The van der Waals surface area contributed by atoms with Gasteiger partial charge in [0.25, 0.3) is 0 Å². The molecule has 0 amide bonds. The number of phenols is 1. The Hall–Kier alpha value is -1.41. The van der Waals surface area contributed by atoms with Crippen molar-refractivity contribution >= 4 is 12.6 Å². The molecule has 0 unspecified atom stereocenters. The van der Waals surface area contributed by atoms with E-state index >= 15 is 0 Å². The van der Waals surface area contributed by atoms with Crippen molar-refractivity contribution in [2.45, 2.75) is 11.3 Å². The number of benzene rings is 2. The monoisotopic (exact) mass is 216 g/mol. The van der Waals surface area contributed by atoms with Crippen LogP contribution in [0.2, 0.25) is 0 Å². The number of thiol groups is 1. The van der Waals surface area contributed by atoms with E-state index in [-0.39, 0.29) is 0 Å². The van der Waals surface area contributed by atoms with Crippen LogP contribution in [0.3, 0.4) is 0 Å². The fourth-order valence-corrected chi connectivity index (χ4v) is 1.79. The van der Waals surface area contributed by atoms with Gasteiger partial charge in [-0.3, -0.25) is 0 Å². The molecule has 0 aliphatic rings. The molecule has 0 aromatic heterocycles. The highest BCUT2D eigenvalue weighted by Gasteiger charge is 2.00. The molecule has 0 heterocycles. The largest absolute Gasteiger partial charge is 0.508 e. The summed E-state index contributed by atoms with van der Waals surface area (Å²) in [6.45, 7) is 0. The molecule has 0 atom stereocenters. The molecule has 15 heavy (non-hydrogen) atoms. The highest BCUT2D eigenvalue weighted by Crippen LogP contribution is 2.19. The highest BCUT2D eigenvalue weighted by atomic mass is 32.1. The Kier molecular flexibility index (Phi) is 2.97. The zero-order valence-corrected chi connectivity index (χ0v) is 9.11. The Morgan fingerprint density at radius 1 is 1.00 bits per heavy atom. The van der Waals surface area contributed by atoms with Crippen molar-refractivity contribution < 1.29 is 5.11 Å². The summed E-state index contributed by atoms with van der Waals surface area (Å²) < 4.78 is 0. The summed E-state index contributed by atoms with van der Waals surface area (Å²) in [5.74, 6) is 0.309. The summed E-state index contributed by atoms with van der Waals surface area (Å²) in [6, 6.07) is 15.3. The standard InChI is InChI=1S/C13H12OS/c14-12-6-3-4-10(9-12)8-11-5-1-2-7-13(11)15/h1-7,9,14-15H,8H2. The summed E-state index contributed by atoms with van der Waals surface area (Å²) in [5.41, 5.74) is 2.27. The van der Waals surface area contributed by atoms with Crippen LogP contribution in [0.1, 0.15) is 11.1 Å². The van der Waals surface area contributed by atoms with Gasteiger partial charge >= 0.3 is 0 Å². The second-order valence-corrected chi connectivity index (χ2v) is 3.96. The van der Waals surface area contributed by atoms with E-state index in [2.05, 4.69) is 12.6 Å². The molecular formula is C13H12OS. The third-order valence-electron chi connectivity index (χ3n) is 2.30. The van der Waals surface area contributed by atoms with Crippen molar-refractivity contribution in [3.63, 3.8) is 0 Å². The average Bonchev–Trinajstić information content (AvgIpc) is 2.22. The highest BCUT2D eigenvalue weighted by molar-refractivity contribution is 7.80. The molecular weight excluding hydrogens is 204 g/mol. The molecule has 0 saturated carbocycles. The second-order valence-electron chi connectivity index (χ2n) is 3.48. The lowest BCUT2D eigenvalue weighted by Crippen LogP contribution is -1.88. The van der Waals surface area contributed by atoms with E-state index < -0.39 is 0 Å². The average molecular weight is 216 g/mol. The Morgan fingerprint density at radius 2 is 1.80 bits per heavy atom. The Bertz CT molecular complexity index is 466. The second kappa shape index (κ2) is 4.41. The molecule has 0 fully saturated rings. The summed E-state index contributed by atoms with van der Waals surface area (Å²) >= 11 is 4.39. The van der Waals surface area contributed by atoms with Crippen LogP contribution in [0, 0.1) is 0 Å². The first-order chi connectivity index (χ1) is 7.25. The van der Waals surface area contributed by atoms with E-state index in [0.29, 0.717) is 5.75 Å². The minimum atomic E-state index is 0.309. The molecule has 0 saturated heterocycles. The van der Waals surface area contributed by atoms with Gasteiger partial charge in [0.2, 0.25) is 0 Å². The summed E-state index contributed by atoms with van der Waals surface area (Å²) in [7, 11) is 0. The van der Waals surface area contributed by atoms with E-state index in [1.54, 1.807) is 12.1 Å². The molecule has 0 spiro atoms. The van der Waals surface area contributed by atoms with Gasteiger partial charge in [-0.2, -0.15) is 0 Å². The molecule has 0 aliphatic carbocycles. The minimum Gasteiger partial charge on any atom is -0.508 e. The lowest BCUT2D eigenvalue weighted by Gasteiger charge is -2.05. The molecule has 0 radical (unpaired) electrons. The topological polar surface area (TPSA) is 20.2 Å². The quantitative estimate of drug-likeness (QED) is 0.738. The van der Waals surface area contributed by atoms with Gasteiger partial charge in [-0.1, -0.05) is 30.3 Å². The summed E-state index contributed by atoms with van der Waals surface area (Å²) in [4.78, 5) is 0.987. The predicted octanol–water partition coefficient (Wildman–Crippen LogP) is 3.27. The van der Waals surface area contributed by atoms with Crippen LogP contribution in [0.5, 0.6) is 5.75 Å². The number of hydrogen-bond acceptors (Lipinski definition) is 2. The molecule has 2 aromatic carbocycles. The van der Waals surface area contributed by atoms with Gasteiger partial charge in [0, 0.05) is 4.90 Å². The zero-order chi connectivity index (χ0) is 10.7. The Balaban J connectivity index is 2.26. The summed E-state index contributed by atoms with van der Waals surface area (Å²) in [6.07, 6.45) is 0.800. The Labute approximate surface area is 94.8 Å². The van der Waals surface area contributed by atoms with E-state index in [9.17, 15) is 5.11 Å². The van der Waals surface area contributed by atoms with Crippen molar-refractivity contribution in [2.24, 2.45) is 0 Å². The number of aromatic hydroxyl groups is 1. The molecule has 0 bridgehead atoms. The van der Waals surface area contributed by atoms with Crippen molar-refractivity contribution in [3.8, 4) is 5.75 Å². The predicted molar refractivity (Wildman–Crippen MR) is 64.6 cm³/mol. The number of hydrogen-bond donors (Lipinski definition) is 2. The molecule has 0 aliphatic heterocycles. The van der Waals surface area contributed by atoms with Crippen LogP contribution >= 0.6 is 12.6 Å². The molecule has 2 rings (SSSR count). The van der Waals surface area contributed by atoms with Crippen LogP contribution in [-0.2, 0) is 6.42 Å². The third kappa shape index (κ3) is 2.54. The first-order valence-corrected chi connectivity index (χ1v) is 5.25. The molecule has 2 heteroatoms. The van der Waals surface area contributed by atoms with Crippen molar-refractivity contribution in [1.82, 2.24) is 0 Å². The number of phenolic OH excluding ortho intramolecular Hbond substituents is 1. The van der Waals surface area contributed by atoms with E-state index in [4.69, 9.17) is 0 Å².